The lowest BCUT2D eigenvalue weighted by atomic mass is 9.77. The number of nitrogens with zero attached hydrogens (tertiary/aromatic N) is 1. The van der Waals surface area contributed by atoms with E-state index in [0.29, 0.717) is 0 Å². The largest absolute Gasteiger partial charge is 0.508 e. The van der Waals surface area contributed by atoms with Crippen LogP contribution in [0, 0.1) is 11.7 Å². The normalized spacial score (nSPS) is 25.9. The van der Waals surface area contributed by atoms with Gasteiger partial charge in [0, 0.05) is 35.3 Å². The van der Waals surface area contributed by atoms with Crippen LogP contribution in [-0.2, 0) is 9.53 Å². The van der Waals surface area contributed by atoms with E-state index in [1.54, 1.807) is 0 Å². The van der Waals surface area contributed by atoms with Crippen LogP contribution in [0.3, 0.4) is 0 Å². The average Bonchev–Trinajstić information content (AvgIpc) is 2.94. The molecule has 1 aromatic heterocycles. The first-order valence-electron chi connectivity index (χ1n) is 9.15. The maximum atomic E-state index is 13.8. The number of aromatic hydroxyl groups is 1. The van der Waals surface area contributed by atoms with E-state index in [2.05, 4.69) is 10.3 Å². The van der Waals surface area contributed by atoms with Gasteiger partial charge in [-0.3, -0.25) is 14.6 Å². The number of hydrogen-bond acceptors (Lipinski definition) is 5. The van der Waals surface area contributed by atoms with Crippen LogP contribution in [0.5, 0.6) is 5.75 Å². The molecule has 0 unspecified atom stereocenters. The molecule has 4 N–H and O–H groups in total. The molecule has 2 aromatic rings. The van der Waals surface area contributed by atoms with Crippen molar-refractivity contribution in [3.8, 4) is 5.75 Å². The number of benzene rings is 1. The average molecular weight is 441 g/mol. The molecule has 1 saturated heterocycles. The molecule has 1 aliphatic heterocycles. The highest BCUT2D eigenvalue weighted by Gasteiger charge is 2.65. The van der Waals surface area contributed by atoms with E-state index in [1.807, 2.05) is 0 Å². The number of hydrogen-bond donors (Lipinski definition) is 3. The zero-order valence-electron chi connectivity index (χ0n) is 16.4. The van der Waals surface area contributed by atoms with Crippen LogP contribution < -0.4 is 11.1 Å². The van der Waals surface area contributed by atoms with Crippen molar-refractivity contribution in [3.05, 3.63) is 53.6 Å². The molecule has 166 valence electrons. The third-order valence-electron chi connectivity index (χ3n) is 5.56. The fraction of sp³-hybridized carbons (Fsp3) is 0.350. The lowest BCUT2D eigenvalue weighted by Crippen LogP contribution is -2.47. The molecule has 0 bridgehead atoms. The highest BCUT2D eigenvalue weighted by molar-refractivity contribution is 5.97. The molecule has 2 amide bonds. The first-order valence-corrected chi connectivity index (χ1v) is 9.15. The number of aromatic nitrogens is 1. The first kappa shape index (κ1) is 22.5. The smallest absolute Gasteiger partial charge is 0.417 e. The van der Waals surface area contributed by atoms with E-state index >= 15 is 0 Å². The fourth-order valence-electron chi connectivity index (χ4n) is 3.68. The summed E-state index contributed by atoms with van der Waals surface area (Å²) in [6.07, 6.45) is -5.31. The summed E-state index contributed by atoms with van der Waals surface area (Å²) in [6, 6.07) is 5.32. The van der Waals surface area contributed by atoms with Crippen molar-refractivity contribution in [1.82, 2.24) is 4.98 Å². The fourth-order valence-corrected chi connectivity index (χ4v) is 3.68. The number of phenols is 1. The number of rotatable bonds is 4. The number of pyridine rings is 1. The summed E-state index contributed by atoms with van der Waals surface area (Å²) < 4.78 is 60.1. The first-order chi connectivity index (χ1) is 14.3. The number of carbonyl (C=O) groups excluding carboxylic acids is 2. The van der Waals surface area contributed by atoms with Crippen molar-refractivity contribution >= 4 is 17.5 Å². The van der Waals surface area contributed by atoms with Gasteiger partial charge in [0.05, 0.1) is 0 Å². The summed E-state index contributed by atoms with van der Waals surface area (Å²) in [6.45, 7) is 2.06. The van der Waals surface area contributed by atoms with Gasteiger partial charge in [0.25, 0.3) is 11.8 Å². The number of alkyl halides is 3. The summed E-state index contributed by atoms with van der Waals surface area (Å²) in [4.78, 5) is 27.9. The Morgan fingerprint density at radius 3 is 2.52 bits per heavy atom. The molecule has 0 radical (unpaired) electrons. The molecule has 11 heteroatoms. The van der Waals surface area contributed by atoms with Gasteiger partial charge in [-0.1, -0.05) is 13.0 Å². The van der Waals surface area contributed by atoms with Crippen molar-refractivity contribution in [1.29, 1.82) is 0 Å². The summed E-state index contributed by atoms with van der Waals surface area (Å²) in [5.74, 6) is -5.74. The van der Waals surface area contributed by atoms with Crippen LogP contribution >= 0.6 is 0 Å². The predicted molar refractivity (Wildman–Crippen MR) is 101 cm³/mol. The SMILES string of the molecule is C[C@@H]1[C@@H](c2ccc(F)cc2O)[C@H](C(=O)Nc2ccnc(C(N)=O)c2)O[C@]1(C)C(F)(F)F. The second-order valence-electron chi connectivity index (χ2n) is 7.44. The molecule has 0 spiro atoms. The standard InChI is InChI=1S/C20H19F4N3O4/c1-9-15(12-4-3-10(21)7-14(12)28)16(31-19(9,2)20(22,23)24)18(30)27-11-5-6-26-13(8-11)17(25)29/h3-9,15-16,28H,1-2H3,(H2,25,29)(H,26,27,30)/t9-,15+,16-,19+/m1/s1. The van der Waals surface area contributed by atoms with Gasteiger partial charge in [-0.05, 0) is 25.1 Å². The third kappa shape index (κ3) is 4.05. The molecule has 1 aliphatic rings. The maximum Gasteiger partial charge on any atom is 0.417 e. The van der Waals surface area contributed by atoms with Crippen molar-refractivity contribution in [2.75, 3.05) is 5.32 Å². The van der Waals surface area contributed by atoms with Crippen molar-refractivity contribution in [2.45, 2.75) is 37.6 Å². The van der Waals surface area contributed by atoms with Gasteiger partial charge < -0.3 is 20.9 Å². The van der Waals surface area contributed by atoms with Crippen LogP contribution in [0.15, 0.2) is 36.5 Å². The van der Waals surface area contributed by atoms with Crippen LogP contribution in [0.4, 0.5) is 23.2 Å². The van der Waals surface area contributed by atoms with Gasteiger partial charge in [0.2, 0.25) is 0 Å². The number of anilines is 1. The molecule has 7 nitrogen and oxygen atoms in total. The summed E-state index contributed by atoms with van der Waals surface area (Å²) in [5, 5.41) is 12.5. The Balaban J connectivity index is 2.01. The van der Waals surface area contributed by atoms with Crippen molar-refractivity contribution in [3.63, 3.8) is 0 Å². The lowest BCUT2D eigenvalue weighted by Gasteiger charge is -2.31. The van der Waals surface area contributed by atoms with Gasteiger partial charge in [-0.2, -0.15) is 13.2 Å². The Morgan fingerprint density at radius 1 is 1.26 bits per heavy atom. The number of ether oxygens (including phenoxy) is 1. The number of phenolic OH excluding ortho intramolecular Hbond substituents is 1. The van der Waals surface area contributed by atoms with Gasteiger partial charge in [-0.25, -0.2) is 4.39 Å². The summed E-state index contributed by atoms with van der Waals surface area (Å²) in [5.41, 5.74) is 2.27. The Bertz CT molecular complexity index is 1030. The van der Waals surface area contributed by atoms with E-state index < -0.39 is 53.1 Å². The Labute approximate surface area is 174 Å². The molecule has 0 saturated carbocycles. The van der Waals surface area contributed by atoms with Crippen molar-refractivity contribution in [2.24, 2.45) is 11.7 Å². The van der Waals surface area contributed by atoms with E-state index in [9.17, 15) is 32.3 Å². The second kappa shape index (κ2) is 7.80. The summed E-state index contributed by atoms with van der Waals surface area (Å²) >= 11 is 0. The molecule has 4 atom stereocenters. The van der Waals surface area contributed by atoms with Crippen LogP contribution in [0.25, 0.3) is 0 Å². The number of primary amides is 1. The molecule has 0 aliphatic carbocycles. The van der Waals surface area contributed by atoms with E-state index in [4.69, 9.17) is 10.5 Å². The number of amides is 2. The molecule has 3 rings (SSSR count). The molecular formula is C20H19F4N3O4. The number of nitrogens with one attached hydrogen (secondary N) is 1. The van der Waals surface area contributed by atoms with Crippen LogP contribution in [0.1, 0.15) is 35.8 Å². The van der Waals surface area contributed by atoms with Gasteiger partial charge >= 0.3 is 6.18 Å². The minimum Gasteiger partial charge on any atom is -0.508 e. The topological polar surface area (TPSA) is 115 Å². The molecule has 2 heterocycles. The van der Waals surface area contributed by atoms with Crippen LogP contribution in [0.2, 0.25) is 0 Å². The molecule has 1 aromatic carbocycles. The third-order valence-corrected chi connectivity index (χ3v) is 5.56. The number of halogens is 4. The maximum absolute atomic E-state index is 13.8. The molecular weight excluding hydrogens is 422 g/mol. The number of nitrogens with two attached hydrogens (primary N) is 1. The van der Waals surface area contributed by atoms with Gasteiger partial charge in [-0.15, -0.1) is 0 Å². The van der Waals surface area contributed by atoms with Crippen LogP contribution in [-0.4, -0.2) is 39.8 Å². The minimum atomic E-state index is -4.83. The highest BCUT2D eigenvalue weighted by atomic mass is 19.4. The minimum absolute atomic E-state index is 0.0606. The quantitative estimate of drug-likeness (QED) is 0.631. The highest BCUT2D eigenvalue weighted by Crippen LogP contribution is 2.54. The number of carbonyl (C=O) groups is 2. The molecule has 31 heavy (non-hydrogen) atoms. The zero-order valence-corrected chi connectivity index (χ0v) is 16.4. The molecule has 1 fully saturated rings. The predicted octanol–water partition coefficient (Wildman–Crippen LogP) is 3.10. The van der Waals surface area contributed by atoms with E-state index in [-0.39, 0.29) is 16.9 Å². The second-order valence-corrected chi connectivity index (χ2v) is 7.44. The van der Waals surface area contributed by atoms with Crippen molar-refractivity contribution < 1.29 is 37.0 Å². The summed E-state index contributed by atoms with van der Waals surface area (Å²) in [7, 11) is 0. The lowest BCUT2D eigenvalue weighted by molar-refractivity contribution is -0.272. The van der Waals surface area contributed by atoms with Gasteiger partial charge in [0.1, 0.15) is 23.4 Å². The Kier molecular flexibility index (Phi) is 5.66. The monoisotopic (exact) mass is 441 g/mol. The van der Waals surface area contributed by atoms with E-state index in [0.717, 1.165) is 31.2 Å². The van der Waals surface area contributed by atoms with Gasteiger partial charge in [0.15, 0.2) is 5.60 Å². The van der Waals surface area contributed by atoms with E-state index in [1.165, 1.54) is 19.2 Å². The Hall–Kier alpha value is -3.21. The Morgan fingerprint density at radius 2 is 1.94 bits per heavy atom. The zero-order chi connectivity index (χ0) is 23.1.